The molecule has 0 saturated heterocycles. The van der Waals surface area contributed by atoms with Crippen molar-refractivity contribution >= 4 is 17.5 Å². The zero-order valence-corrected chi connectivity index (χ0v) is 10.8. The lowest BCUT2D eigenvalue weighted by atomic mass is 9.84. The van der Waals surface area contributed by atoms with Gasteiger partial charge in [0.1, 0.15) is 0 Å². The molecule has 2 aromatic carbocycles. The molecule has 0 spiro atoms. The fourth-order valence-electron chi connectivity index (χ4n) is 2.05. The quantitative estimate of drug-likeness (QED) is 0.613. The number of aliphatic carboxylic acids is 1. The first-order chi connectivity index (χ1) is 9.52. The van der Waals surface area contributed by atoms with Crippen LogP contribution < -0.4 is 5.11 Å². The fourth-order valence-corrected chi connectivity index (χ4v) is 2.05. The highest BCUT2D eigenvalue weighted by Crippen LogP contribution is 2.26. The average molecular weight is 267 g/mol. The lowest BCUT2D eigenvalue weighted by Crippen LogP contribution is -2.20. The Labute approximate surface area is 115 Å². The van der Waals surface area contributed by atoms with Gasteiger partial charge in [0.2, 0.25) is 0 Å². The third-order valence-corrected chi connectivity index (χ3v) is 2.83. The smallest absolute Gasteiger partial charge is 0.194 e. The second kappa shape index (κ2) is 5.48. The van der Waals surface area contributed by atoms with Crippen molar-refractivity contribution in [2.45, 2.75) is 6.92 Å². The fraction of sp³-hybridized carbons (Fsp3) is 0.0625. The molecular formula is C16H11O4-. The van der Waals surface area contributed by atoms with E-state index in [1.165, 1.54) is 0 Å². The molecule has 0 bridgehead atoms. The summed E-state index contributed by atoms with van der Waals surface area (Å²) in [5.41, 5.74) is 2.02. The number of hydrogen-bond acceptors (Lipinski definition) is 4. The van der Waals surface area contributed by atoms with Crippen molar-refractivity contribution in [2.75, 3.05) is 0 Å². The van der Waals surface area contributed by atoms with Crippen LogP contribution in [0.25, 0.3) is 0 Å². The minimum Gasteiger partial charge on any atom is -0.550 e. The van der Waals surface area contributed by atoms with Gasteiger partial charge >= 0.3 is 0 Å². The van der Waals surface area contributed by atoms with Gasteiger partial charge in [-0.1, -0.05) is 48.5 Å². The zero-order valence-electron chi connectivity index (χ0n) is 10.8. The van der Waals surface area contributed by atoms with E-state index in [2.05, 4.69) is 0 Å². The van der Waals surface area contributed by atoms with Crippen molar-refractivity contribution in [3.8, 4) is 0 Å². The molecular weight excluding hydrogens is 256 g/mol. The molecule has 0 heterocycles. The molecule has 1 aliphatic rings. The van der Waals surface area contributed by atoms with Crippen LogP contribution in [0.2, 0.25) is 0 Å². The number of fused-ring (bicyclic) bond motifs is 2. The molecule has 0 N–H and O–H groups in total. The minimum absolute atomic E-state index is 0.0641. The highest BCUT2D eigenvalue weighted by molar-refractivity contribution is 6.28. The van der Waals surface area contributed by atoms with E-state index in [9.17, 15) is 9.59 Å². The first-order valence-electron chi connectivity index (χ1n) is 5.97. The Morgan fingerprint density at radius 3 is 1.15 bits per heavy atom. The average Bonchev–Trinajstić information content (AvgIpc) is 2.44. The lowest BCUT2D eigenvalue weighted by Gasteiger charge is -2.16. The summed E-state index contributed by atoms with van der Waals surface area (Å²) >= 11 is 0. The van der Waals surface area contributed by atoms with Gasteiger partial charge in [0.25, 0.3) is 0 Å². The first-order valence-corrected chi connectivity index (χ1v) is 5.97. The molecule has 0 aromatic heterocycles. The highest BCUT2D eigenvalue weighted by Gasteiger charge is 2.28. The summed E-state index contributed by atoms with van der Waals surface area (Å²) in [6, 6.07) is 13.9. The number of rotatable bonds is 0. The second-order valence-electron chi connectivity index (χ2n) is 4.24. The molecule has 100 valence electrons. The van der Waals surface area contributed by atoms with E-state index in [-0.39, 0.29) is 11.6 Å². The maximum atomic E-state index is 12.1. The van der Waals surface area contributed by atoms with Crippen LogP contribution in [-0.2, 0) is 4.79 Å². The largest absolute Gasteiger partial charge is 0.550 e. The van der Waals surface area contributed by atoms with Crippen molar-refractivity contribution in [3.05, 3.63) is 70.8 Å². The number of hydrogen-bond donors (Lipinski definition) is 0. The molecule has 0 aliphatic heterocycles. The van der Waals surface area contributed by atoms with Gasteiger partial charge in [-0.25, -0.2) is 0 Å². The van der Waals surface area contributed by atoms with Gasteiger partial charge in [0.05, 0.1) is 0 Å². The van der Waals surface area contributed by atoms with E-state index in [1.807, 2.05) is 0 Å². The molecule has 1 aliphatic carbocycles. The molecule has 4 nitrogen and oxygen atoms in total. The van der Waals surface area contributed by atoms with Crippen LogP contribution in [0.15, 0.2) is 48.5 Å². The molecule has 0 radical (unpaired) electrons. The van der Waals surface area contributed by atoms with Gasteiger partial charge in [-0.2, -0.15) is 0 Å². The van der Waals surface area contributed by atoms with Crippen LogP contribution >= 0.6 is 0 Å². The Balaban J connectivity index is 0.000000328. The van der Waals surface area contributed by atoms with Gasteiger partial charge in [-0.3, -0.25) is 9.59 Å². The summed E-state index contributed by atoms with van der Waals surface area (Å²) in [6.45, 7) is 0.972. The number of carboxylic acid groups (broad SMARTS) is 1. The molecule has 0 unspecified atom stereocenters. The topological polar surface area (TPSA) is 74.3 Å². The summed E-state index contributed by atoms with van der Waals surface area (Å²) in [6.07, 6.45) is 0. The maximum absolute atomic E-state index is 12.1. The predicted octanol–water partition coefficient (Wildman–Crippen LogP) is 1.22. The number of carbonyl (C=O) groups excluding carboxylic acids is 3. The molecule has 0 amide bonds. The van der Waals surface area contributed by atoms with Crippen molar-refractivity contribution in [1.82, 2.24) is 0 Å². The maximum Gasteiger partial charge on any atom is 0.194 e. The monoisotopic (exact) mass is 267 g/mol. The Hall–Kier alpha value is -2.75. The molecule has 0 saturated carbocycles. The molecule has 0 fully saturated rings. The van der Waals surface area contributed by atoms with E-state index in [4.69, 9.17) is 9.90 Å². The van der Waals surface area contributed by atoms with Gasteiger partial charge in [0.15, 0.2) is 11.6 Å². The lowest BCUT2D eigenvalue weighted by molar-refractivity contribution is -0.302. The summed E-state index contributed by atoms with van der Waals surface area (Å²) in [5, 5.41) is 8.89. The molecule has 0 atom stereocenters. The van der Waals surface area contributed by atoms with Crippen LogP contribution in [-0.4, -0.2) is 17.5 Å². The number of benzene rings is 2. The van der Waals surface area contributed by atoms with Crippen molar-refractivity contribution in [3.63, 3.8) is 0 Å². The van der Waals surface area contributed by atoms with Gasteiger partial charge in [-0.15, -0.1) is 0 Å². The van der Waals surface area contributed by atoms with E-state index < -0.39 is 5.97 Å². The number of carbonyl (C=O) groups is 3. The van der Waals surface area contributed by atoms with Gasteiger partial charge < -0.3 is 9.90 Å². The third kappa shape index (κ3) is 2.49. The van der Waals surface area contributed by atoms with Crippen molar-refractivity contribution in [2.24, 2.45) is 0 Å². The van der Waals surface area contributed by atoms with Crippen molar-refractivity contribution < 1.29 is 19.5 Å². The standard InChI is InChI=1S/C14H8O2.C2H4O2/c15-13-9-5-1-2-6-10(9)14(16)12-8-4-3-7-11(12)13;1-2(3)4/h1-8H;1H3,(H,3,4)/p-1. The van der Waals surface area contributed by atoms with Crippen LogP contribution in [0.3, 0.4) is 0 Å². The summed E-state index contributed by atoms with van der Waals surface area (Å²) in [4.78, 5) is 33.1. The van der Waals surface area contributed by atoms with Crippen molar-refractivity contribution in [1.29, 1.82) is 0 Å². The molecule has 3 rings (SSSR count). The van der Waals surface area contributed by atoms with Crippen LogP contribution in [0.1, 0.15) is 38.8 Å². The summed E-state index contributed by atoms with van der Waals surface area (Å²) < 4.78 is 0. The first kappa shape index (κ1) is 13.7. The van der Waals surface area contributed by atoms with E-state index in [1.54, 1.807) is 48.5 Å². The second-order valence-corrected chi connectivity index (χ2v) is 4.24. The minimum atomic E-state index is -1.08. The van der Waals surface area contributed by atoms with Gasteiger partial charge in [0, 0.05) is 28.2 Å². The Bertz CT molecular complexity index is 592. The number of ketones is 2. The number of carboxylic acids is 1. The Morgan fingerprint density at radius 2 is 0.950 bits per heavy atom. The van der Waals surface area contributed by atoms with Crippen LogP contribution in [0.4, 0.5) is 0 Å². The van der Waals surface area contributed by atoms with E-state index >= 15 is 0 Å². The summed E-state index contributed by atoms with van der Waals surface area (Å²) in [7, 11) is 0. The Kier molecular flexibility index (Phi) is 3.75. The predicted molar refractivity (Wildman–Crippen MR) is 70.4 cm³/mol. The highest BCUT2D eigenvalue weighted by atomic mass is 16.4. The third-order valence-electron chi connectivity index (χ3n) is 2.83. The van der Waals surface area contributed by atoms with Crippen LogP contribution in [0, 0.1) is 0 Å². The molecule has 2 aromatic rings. The van der Waals surface area contributed by atoms with Gasteiger partial charge in [-0.05, 0) is 6.92 Å². The SMILES string of the molecule is CC(=O)[O-].O=C1c2ccccc2C(=O)c2ccccc21. The summed E-state index contributed by atoms with van der Waals surface area (Å²) in [5.74, 6) is -1.21. The van der Waals surface area contributed by atoms with Crippen LogP contribution in [0.5, 0.6) is 0 Å². The molecule has 4 heteroatoms. The normalized spacial score (nSPS) is 11.8. The van der Waals surface area contributed by atoms with E-state index in [0.717, 1.165) is 6.92 Å². The van der Waals surface area contributed by atoms with E-state index in [0.29, 0.717) is 22.3 Å². The zero-order chi connectivity index (χ0) is 14.7. The Morgan fingerprint density at radius 1 is 0.750 bits per heavy atom. The molecule has 20 heavy (non-hydrogen) atoms.